The van der Waals surface area contributed by atoms with E-state index in [0.29, 0.717) is 0 Å². The highest BCUT2D eigenvalue weighted by Crippen LogP contribution is 2.39. The molecule has 0 aromatic rings. The summed E-state index contributed by atoms with van der Waals surface area (Å²) in [7, 11) is 0. The van der Waals surface area contributed by atoms with Crippen molar-refractivity contribution in [3.63, 3.8) is 0 Å². The van der Waals surface area contributed by atoms with Crippen LogP contribution < -0.4 is 0 Å². The van der Waals surface area contributed by atoms with Gasteiger partial charge in [-0.15, -0.1) is 0 Å². The van der Waals surface area contributed by atoms with Gasteiger partial charge in [-0.3, -0.25) is 0 Å². The first-order chi connectivity index (χ1) is 7.42. The first-order valence-electron chi connectivity index (χ1n) is 5.28. The average Bonchev–Trinajstić information content (AvgIpc) is 2.87. The van der Waals surface area contributed by atoms with Crippen molar-refractivity contribution in [1.82, 2.24) is 4.90 Å². The lowest BCUT2D eigenvalue weighted by Crippen LogP contribution is -2.24. The Kier molecular flexibility index (Phi) is 1.19. The van der Waals surface area contributed by atoms with Crippen LogP contribution in [0.1, 0.15) is 12.8 Å². The van der Waals surface area contributed by atoms with E-state index in [9.17, 15) is 0 Å². The third-order valence-corrected chi connectivity index (χ3v) is 3.24. The Balaban J connectivity index is 1.90. The Hall–Kier alpha value is -1.83. The van der Waals surface area contributed by atoms with E-state index in [4.69, 9.17) is 4.99 Å². The molecule has 0 radical (unpaired) electrons. The van der Waals surface area contributed by atoms with Crippen LogP contribution in [0, 0.1) is 0 Å². The number of rotatable bonds is 0. The normalized spacial score (nSPS) is 25.1. The standard InChI is InChI=1S/C13H10N2/c1-2-4-12-10(3-1)8-15-11-6-5-9(7-11)13(15)14-12/h1-2,4-6,8H,3,7H2. The fourth-order valence-corrected chi connectivity index (χ4v) is 2.45. The molecule has 1 saturated heterocycles. The van der Waals surface area contributed by atoms with Gasteiger partial charge in [-0.1, -0.05) is 18.2 Å². The smallest absolute Gasteiger partial charge is 0.141 e. The van der Waals surface area contributed by atoms with Gasteiger partial charge in [-0.05, 0) is 24.1 Å². The minimum absolute atomic E-state index is 1.01. The lowest BCUT2D eigenvalue weighted by molar-refractivity contribution is 0.687. The van der Waals surface area contributed by atoms with Crippen molar-refractivity contribution in [2.75, 3.05) is 0 Å². The molecule has 2 aliphatic carbocycles. The summed E-state index contributed by atoms with van der Waals surface area (Å²) in [6.45, 7) is 0. The molecule has 0 aromatic heterocycles. The maximum absolute atomic E-state index is 4.72. The zero-order chi connectivity index (χ0) is 9.83. The van der Waals surface area contributed by atoms with Crippen LogP contribution in [0.5, 0.6) is 0 Å². The highest BCUT2D eigenvalue weighted by Gasteiger charge is 2.33. The van der Waals surface area contributed by atoms with Crippen molar-refractivity contribution in [2.24, 2.45) is 4.99 Å². The Labute approximate surface area is 88.3 Å². The molecule has 0 spiro atoms. The van der Waals surface area contributed by atoms with E-state index in [1.165, 1.54) is 16.8 Å². The Bertz CT molecular complexity index is 539. The van der Waals surface area contributed by atoms with Gasteiger partial charge >= 0.3 is 0 Å². The van der Waals surface area contributed by atoms with Crippen LogP contribution in [0.3, 0.4) is 0 Å². The van der Waals surface area contributed by atoms with Crippen LogP contribution in [0.25, 0.3) is 0 Å². The molecule has 0 aromatic carbocycles. The largest absolute Gasteiger partial charge is 0.305 e. The van der Waals surface area contributed by atoms with Crippen molar-refractivity contribution in [2.45, 2.75) is 12.8 Å². The van der Waals surface area contributed by atoms with Gasteiger partial charge in [0.25, 0.3) is 0 Å². The zero-order valence-corrected chi connectivity index (χ0v) is 8.27. The van der Waals surface area contributed by atoms with Crippen LogP contribution in [0.15, 0.2) is 64.1 Å². The Morgan fingerprint density at radius 1 is 1.13 bits per heavy atom. The number of allylic oxidation sites excluding steroid dienone is 7. The van der Waals surface area contributed by atoms with Crippen LogP contribution in [-0.2, 0) is 0 Å². The van der Waals surface area contributed by atoms with Gasteiger partial charge in [0.2, 0.25) is 0 Å². The van der Waals surface area contributed by atoms with Crippen molar-refractivity contribution < 1.29 is 0 Å². The molecule has 1 fully saturated rings. The number of fused-ring (bicyclic) bond motifs is 6. The number of hydrogen-bond donors (Lipinski definition) is 0. The van der Waals surface area contributed by atoms with E-state index in [1.807, 2.05) is 0 Å². The monoisotopic (exact) mass is 194 g/mol. The predicted molar refractivity (Wildman–Crippen MR) is 60.0 cm³/mol. The van der Waals surface area contributed by atoms with Gasteiger partial charge in [-0.2, -0.15) is 0 Å². The van der Waals surface area contributed by atoms with Crippen LogP contribution >= 0.6 is 0 Å². The lowest BCUT2D eigenvalue weighted by Gasteiger charge is -2.25. The third kappa shape index (κ3) is 0.864. The van der Waals surface area contributed by atoms with Gasteiger partial charge < -0.3 is 4.90 Å². The molecule has 2 aliphatic heterocycles. The summed E-state index contributed by atoms with van der Waals surface area (Å²) in [5.41, 5.74) is 5.19. The molecule has 0 amide bonds. The second-order valence-corrected chi connectivity index (χ2v) is 4.17. The van der Waals surface area contributed by atoms with Crippen molar-refractivity contribution in [1.29, 1.82) is 0 Å². The summed E-state index contributed by atoms with van der Waals surface area (Å²) in [4.78, 5) is 6.96. The van der Waals surface area contributed by atoms with Crippen LogP contribution in [0.2, 0.25) is 0 Å². The Morgan fingerprint density at radius 3 is 3.13 bits per heavy atom. The fraction of sp³-hybridized carbons (Fsp3) is 0.154. The molecule has 2 bridgehead atoms. The van der Waals surface area contributed by atoms with E-state index in [0.717, 1.165) is 24.4 Å². The quantitative estimate of drug-likeness (QED) is 0.578. The molecule has 4 aliphatic rings. The second-order valence-electron chi connectivity index (χ2n) is 4.17. The highest BCUT2D eigenvalue weighted by atomic mass is 15.2. The first kappa shape index (κ1) is 7.46. The summed E-state index contributed by atoms with van der Waals surface area (Å²) >= 11 is 0. The van der Waals surface area contributed by atoms with Crippen molar-refractivity contribution in [3.8, 4) is 0 Å². The second kappa shape index (κ2) is 2.40. The average molecular weight is 194 g/mol. The van der Waals surface area contributed by atoms with Gasteiger partial charge in [-0.25, -0.2) is 4.99 Å². The van der Waals surface area contributed by atoms with Gasteiger partial charge in [0, 0.05) is 23.9 Å². The van der Waals surface area contributed by atoms with E-state index in [2.05, 4.69) is 41.5 Å². The van der Waals surface area contributed by atoms with Crippen LogP contribution in [-0.4, -0.2) is 10.7 Å². The van der Waals surface area contributed by atoms with Crippen molar-refractivity contribution in [3.05, 3.63) is 59.1 Å². The van der Waals surface area contributed by atoms with Gasteiger partial charge in [0.15, 0.2) is 0 Å². The molecule has 0 N–H and O–H groups in total. The molecule has 2 nitrogen and oxygen atoms in total. The summed E-state index contributed by atoms with van der Waals surface area (Å²) in [5.74, 6) is 1.14. The van der Waals surface area contributed by atoms with Gasteiger partial charge in [0.05, 0.1) is 5.70 Å². The predicted octanol–water partition coefficient (Wildman–Crippen LogP) is 2.66. The highest BCUT2D eigenvalue weighted by molar-refractivity contribution is 6.06. The number of aliphatic imine (C=N–C) groups is 1. The maximum Gasteiger partial charge on any atom is 0.141 e. The molecule has 2 heterocycles. The number of amidine groups is 1. The summed E-state index contributed by atoms with van der Waals surface area (Å²) in [5, 5.41) is 0. The van der Waals surface area contributed by atoms with Gasteiger partial charge in [0.1, 0.15) is 5.84 Å². The summed E-state index contributed by atoms with van der Waals surface area (Å²) in [6.07, 6.45) is 15.0. The molecule has 4 rings (SSSR count). The van der Waals surface area contributed by atoms with Crippen molar-refractivity contribution >= 4 is 5.84 Å². The van der Waals surface area contributed by atoms with E-state index in [1.54, 1.807) is 0 Å². The fourth-order valence-electron chi connectivity index (χ4n) is 2.45. The molecule has 2 heteroatoms. The van der Waals surface area contributed by atoms with E-state index in [-0.39, 0.29) is 0 Å². The summed E-state index contributed by atoms with van der Waals surface area (Å²) < 4.78 is 0. The molecule has 15 heavy (non-hydrogen) atoms. The minimum atomic E-state index is 1.01. The van der Waals surface area contributed by atoms with Crippen LogP contribution in [0.4, 0.5) is 0 Å². The third-order valence-electron chi connectivity index (χ3n) is 3.24. The molecule has 0 atom stereocenters. The lowest BCUT2D eigenvalue weighted by atomic mass is 10.0. The number of nitrogens with zero attached hydrogens (tertiary/aromatic N) is 2. The maximum atomic E-state index is 4.72. The summed E-state index contributed by atoms with van der Waals surface area (Å²) in [6, 6.07) is 0. The number of hydrogen-bond acceptors (Lipinski definition) is 2. The molecule has 72 valence electrons. The SMILES string of the molecule is C1=CCC2=CN3C4=CC=C(C4)C3=NC2=C1. The van der Waals surface area contributed by atoms with E-state index >= 15 is 0 Å². The molecular weight excluding hydrogens is 184 g/mol. The Morgan fingerprint density at radius 2 is 2.13 bits per heavy atom. The molecular formula is C13H10N2. The molecule has 0 saturated carbocycles. The topological polar surface area (TPSA) is 15.6 Å². The molecule has 0 unspecified atom stereocenters. The van der Waals surface area contributed by atoms with E-state index < -0.39 is 0 Å². The minimum Gasteiger partial charge on any atom is -0.305 e. The first-order valence-corrected chi connectivity index (χ1v) is 5.28. The zero-order valence-electron chi connectivity index (χ0n) is 8.27.